The Hall–Kier alpha value is -2.00. The molecule has 3 rings (SSSR count). The van der Waals surface area contributed by atoms with Gasteiger partial charge in [0, 0.05) is 17.0 Å². The molecule has 28 heavy (non-hydrogen) atoms. The van der Waals surface area contributed by atoms with Crippen molar-refractivity contribution in [3.8, 4) is 0 Å². The third-order valence-corrected chi connectivity index (χ3v) is 4.90. The number of ether oxygens (including phenoxy) is 2. The van der Waals surface area contributed by atoms with Gasteiger partial charge in [-0.15, -0.1) is 0 Å². The summed E-state index contributed by atoms with van der Waals surface area (Å²) < 4.78 is 10.6. The molecule has 8 nitrogen and oxygen atoms in total. The molecule has 0 saturated heterocycles. The molecular formula is C19H24ClN3O5. The van der Waals surface area contributed by atoms with Crippen molar-refractivity contribution in [3.05, 3.63) is 35.4 Å². The van der Waals surface area contributed by atoms with Crippen LogP contribution in [-0.4, -0.2) is 62.7 Å². The van der Waals surface area contributed by atoms with Gasteiger partial charge in [-0.05, 0) is 38.0 Å². The lowest BCUT2D eigenvalue weighted by molar-refractivity contribution is -0.144. The standard InChI is InChI=1S/C19H24ClN3O5/c1-11(2)19(26)28-10-13(24)9-27-14-4-6-17(18(25)8-14)23-21-15-5-3-12(20)7-16(15)22-23/h3,5,7,13-14,17-18,24-25H,1,4,6,8-10H2,2H3. The number of halogens is 1. The number of rotatable bonds is 7. The van der Waals surface area contributed by atoms with Crippen molar-refractivity contribution in [2.24, 2.45) is 0 Å². The van der Waals surface area contributed by atoms with Gasteiger partial charge in [0.15, 0.2) is 0 Å². The molecule has 1 heterocycles. The summed E-state index contributed by atoms with van der Waals surface area (Å²) in [6.45, 7) is 4.88. The van der Waals surface area contributed by atoms with E-state index in [0.29, 0.717) is 29.8 Å². The first-order valence-corrected chi connectivity index (χ1v) is 9.53. The number of nitrogens with zero attached hydrogens (tertiary/aromatic N) is 3. The van der Waals surface area contributed by atoms with Gasteiger partial charge in [0.05, 0.1) is 24.9 Å². The second-order valence-electron chi connectivity index (χ2n) is 7.09. The quantitative estimate of drug-likeness (QED) is 0.532. The summed E-state index contributed by atoms with van der Waals surface area (Å²) in [6.07, 6.45) is -0.0609. The SMILES string of the molecule is C=C(C)C(=O)OCC(O)COC1CCC(n2nc3ccc(Cl)cc3n2)C(O)C1. The Morgan fingerprint density at radius 1 is 1.36 bits per heavy atom. The Kier molecular flexibility index (Phi) is 6.66. The first-order valence-electron chi connectivity index (χ1n) is 9.16. The number of aliphatic hydroxyl groups is 2. The van der Waals surface area contributed by atoms with Crippen LogP contribution in [0.25, 0.3) is 11.0 Å². The van der Waals surface area contributed by atoms with Crippen LogP contribution in [0.15, 0.2) is 30.4 Å². The summed E-state index contributed by atoms with van der Waals surface area (Å²) in [7, 11) is 0. The molecule has 1 fully saturated rings. The molecule has 2 N–H and O–H groups in total. The average Bonchev–Trinajstić information content (AvgIpc) is 3.07. The van der Waals surface area contributed by atoms with Gasteiger partial charge in [-0.1, -0.05) is 18.2 Å². The minimum Gasteiger partial charge on any atom is -0.460 e. The zero-order valence-electron chi connectivity index (χ0n) is 15.6. The van der Waals surface area contributed by atoms with Crippen molar-refractivity contribution >= 4 is 28.6 Å². The Labute approximate surface area is 167 Å². The molecule has 2 aromatic rings. The van der Waals surface area contributed by atoms with E-state index in [1.54, 1.807) is 23.0 Å². The van der Waals surface area contributed by atoms with Crippen molar-refractivity contribution in [2.75, 3.05) is 13.2 Å². The number of esters is 1. The zero-order valence-corrected chi connectivity index (χ0v) is 16.4. The number of benzene rings is 1. The molecule has 0 bridgehead atoms. The molecule has 1 aliphatic rings. The van der Waals surface area contributed by atoms with Crippen molar-refractivity contribution in [2.45, 2.75) is 50.5 Å². The highest BCUT2D eigenvalue weighted by atomic mass is 35.5. The van der Waals surface area contributed by atoms with Gasteiger partial charge >= 0.3 is 5.97 Å². The van der Waals surface area contributed by atoms with Gasteiger partial charge in [-0.2, -0.15) is 15.0 Å². The molecule has 9 heteroatoms. The van der Waals surface area contributed by atoms with E-state index in [0.717, 1.165) is 5.52 Å². The maximum Gasteiger partial charge on any atom is 0.333 e. The fourth-order valence-electron chi connectivity index (χ4n) is 3.16. The molecule has 0 radical (unpaired) electrons. The van der Waals surface area contributed by atoms with Gasteiger partial charge in [-0.25, -0.2) is 4.79 Å². The van der Waals surface area contributed by atoms with Crippen LogP contribution in [0, 0.1) is 0 Å². The first-order chi connectivity index (χ1) is 13.3. The average molecular weight is 410 g/mol. The Morgan fingerprint density at radius 2 is 2.11 bits per heavy atom. The smallest absolute Gasteiger partial charge is 0.333 e. The van der Waals surface area contributed by atoms with Crippen molar-refractivity contribution in [1.82, 2.24) is 15.0 Å². The summed E-state index contributed by atoms with van der Waals surface area (Å²) in [5.41, 5.74) is 1.68. The van der Waals surface area contributed by atoms with Crippen LogP contribution < -0.4 is 0 Å². The van der Waals surface area contributed by atoms with E-state index >= 15 is 0 Å². The van der Waals surface area contributed by atoms with Gasteiger partial charge < -0.3 is 19.7 Å². The van der Waals surface area contributed by atoms with Crippen molar-refractivity contribution < 1.29 is 24.5 Å². The van der Waals surface area contributed by atoms with Crippen LogP contribution in [-0.2, 0) is 14.3 Å². The number of fused-ring (bicyclic) bond motifs is 1. The van der Waals surface area contributed by atoms with Gasteiger partial charge in [0.2, 0.25) is 0 Å². The second kappa shape index (κ2) is 9.00. The Bertz CT molecular complexity index is 855. The highest BCUT2D eigenvalue weighted by Gasteiger charge is 2.32. The topological polar surface area (TPSA) is 107 Å². The van der Waals surface area contributed by atoms with Gasteiger partial charge in [0.1, 0.15) is 23.7 Å². The minimum absolute atomic E-state index is 0.0218. The van der Waals surface area contributed by atoms with E-state index in [-0.39, 0.29) is 30.9 Å². The molecule has 0 spiro atoms. The van der Waals surface area contributed by atoms with Crippen LogP contribution in [0.2, 0.25) is 5.02 Å². The summed E-state index contributed by atoms with van der Waals surface area (Å²) in [6, 6.07) is 5.05. The molecular weight excluding hydrogens is 386 g/mol. The number of hydrogen-bond acceptors (Lipinski definition) is 7. The molecule has 0 aliphatic heterocycles. The zero-order chi connectivity index (χ0) is 20.3. The lowest BCUT2D eigenvalue weighted by Gasteiger charge is -2.32. The van der Waals surface area contributed by atoms with Crippen LogP contribution in [0.3, 0.4) is 0 Å². The number of aliphatic hydroxyl groups excluding tert-OH is 2. The van der Waals surface area contributed by atoms with Crippen molar-refractivity contribution in [3.63, 3.8) is 0 Å². The normalized spacial score (nSPS) is 23.5. The van der Waals surface area contributed by atoms with Crippen molar-refractivity contribution in [1.29, 1.82) is 0 Å². The largest absolute Gasteiger partial charge is 0.460 e. The van der Waals surface area contributed by atoms with E-state index in [1.165, 1.54) is 6.92 Å². The molecule has 1 saturated carbocycles. The third kappa shape index (κ3) is 5.08. The maximum absolute atomic E-state index is 11.3. The highest BCUT2D eigenvalue weighted by Crippen LogP contribution is 2.30. The lowest BCUT2D eigenvalue weighted by Crippen LogP contribution is -2.37. The predicted octanol–water partition coefficient (Wildman–Crippen LogP) is 2.04. The summed E-state index contributed by atoms with van der Waals surface area (Å²) in [5.74, 6) is -0.546. The fraction of sp³-hybridized carbons (Fsp3) is 0.526. The molecule has 1 aromatic carbocycles. The highest BCUT2D eigenvalue weighted by molar-refractivity contribution is 6.31. The Morgan fingerprint density at radius 3 is 2.82 bits per heavy atom. The molecule has 1 aromatic heterocycles. The summed E-state index contributed by atoms with van der Waals surface area (Å²) in [4.78, 5) is 12.9. The monoisotopic (exact) mass is 409 g/mol. The molecule has 152 valence electrons. The van der Waals surface area contributed by atoms with Crippen LogP contribution >= 0.6 is 11.6 Å². The predicted molar refractivity (Wildman–Crippen MR) is 103 cm³/mol. The van der Waals surface area contributed by atoms with E-state index in [4.69, 9.17) is 21.1 Å². The van der Waals surface area contributed by atoms with E-state index in [1.807, 2.05) is 0 Å². The van der Waals surface area contributed by atoms with E-state index < -0.39 is 18.2 Å². The number of aromatic nitrogens is 3. The van der Waals surface area contributed by atoms with Gasteiger partial charge in [0.25, 0.3) is 0 Å². The number of hydrogen-bond donors (Lipinski definition) is 2. The van der Waals surface area contributed by atoms with E-state index in [2.05, 4.69) is 16.8 Å². The molecule has 1 aliphatic carbocycles. The first kappa shape index (κ1) is 20.7. The maximum atomic E-state index is 11.3. The van der Waals surface area contributed by atoms with Crippen LogP contribution in [0.1, 0.15) is 32.2 Å². The molecule has 4 atom stereocenters. The van der Waals surface area contributed by atoms with E-state index in [9.17, 15) is 15.0 Å². The third-order valence-electron chi connectivity index (χ3n) is 4.67. The van der Waals surface area contributed by atoms with Crippen LogP contribution in [0.5, 0.6) is 0 Å². The summed E-state index contributed by atoms with van der Waals surface area (Å²) >= 11 is 5.98. The van der Waals surface area contributed by atoms with Gasteiger partial charge in [-0.3, -0.25) is 0 Å². The lowest BCUT2D eigenvalue weighted by atomic mass is 9.90. The number of carbonyl (C=O) groups is 1. The summed E-state index contributed by atoms with van der Waals surface area (Å²) in [5, 5.41) is 29.9. The molecule has 0 amide bonds. The minimum atomic E-state index is -0.930. The second-order valence-corrected chi connectivity index (χ2v) is 7.53. The van der Waals surface area contributed by atoms with Crippen LogP contribution in [0.4, 0.5) is 0 Å². The number of carbonyl (C=O) groups excluding carboxylic acids is 1. The molecule has 4 unspecified atom stereocenters. The fourth-order valence-corrected chi connectivity index (χ4v) is 3.32. The Balaban J connectivity index is 1.49.